The second-order valence-electron chi connectivity index (χ2n) is 13.7. The highest BCUT2D eigenvalue weighted by molar-refractivity contribution is 6.18. The van der Waals surface area contributed by atoms with Crippen molar-refractivity contribution in [3.8, 4) is 22.3 Å². The lowest BCUT2D eigenvalue weighted by atomic mass is 9.96. The van der Waals surface area contributed by atoms with Crippen molar-refractivity contribution in [2.24, 2.45) is 0 Å². The summed E-state index contributed by atoms with van der Waals surface area (Å²) in [7, 11) is 0. The van der Waals surface area contributed by atoms with Crippen molar-refractivity contribution in [3.63, 3.8) is 0 Å². The molecule has 0 radical (unpaired) electrons. The van der Waals surface area contributed by atoms with Gasteiger partial charge in [-0.3, -0.25) is 0 Å². The summed E-state index contributed by atoms with van der Waals surface area (Å²) >= 11 is 0. The van der Waals surface area contributed by atoms with Crippen molar-refractivity contribution < 1.29 is 8.83 Å². The second kappa shape index (κ2) is 11.7. The lowest BCUT2D eigenvalue weighted by Gasteiger charge is -2.30. The monoisotopic (exact) mass is 677 g/mol. The van der Waals surface area contributed by atoms with Crippen molar-refractivity contribution in [2.45, 2.75) is 0 Å². The third kappa shape index (κ3) is 4.68. The predicted octanol–water partition coefficient (Wildman–Crippen LogP) is 14.6. The Balaban J connectivity index is 1.19. The summed E-state index contributed by atoms with van der Waals surface area (Å²) in [4.78, 5) is 2.41. The first-order valence-corrected chi connectivity index (χ1v) is 18.0. The molecule has 0 atom stereocenters. The van der Waals surface area contributed by atoms with Crippen LogP contribution in [0, 0.1) is 0 Å². The molecule has 0 fully saturated rings. The van der Waals surface area contributed by atoms with Gasteiger partial charge in [0.15, 0.2) is 5.58 Å². The predicted molar refractivity (Wildman–Crippen MR) is 222 cm³/mol. The van der Waals surface area contributed by atoms with Crippen molar-refractivity contribution in [1.29, 1.82) is 0 Å². The average Bonchev–Trinajstić information content (AvgIpc) is 3.80. The molecule has 53 heavy (non-hydrogen) atoms. The molecule has 3 heteroatoms. The van der Waals surface area contributed by atoms with Crippen LogP contribution in [0.1, 0.15) is 0 Å². The van der Waals surface area contributed by atoms with E-state index in [4.69, 9.17) is 8.83 Å². The first-order valence-electron chi connectivity index (χ1n) is 18.0. The van der Waals surface area contributed by atoms with Crippen LogP contribution in [0.5, 0.6) is 0 Å². The van der Waals surface area contributed by atoms with Gasteiger partial charge < -0.3 is 13.7 Å². The van der Waals surface area contributed by atoms with Gasteiger partial charge in [-0.15, -0.1) is 0 Å². The maximum absolute atomic E-state index is 6.88. The molecule has 0 aliphatic heterocycles. The number of nitrogens with zero attached hydrogens (tertiary/aromatic N) is 1. The first kappa shape index (κ1) is 29.6. The van der Waals surface area contributed by atoms with E-state index in [1.165, 1.54) is 16.2 Å². The van der Waals surface area contributed by atoms with Crippen LogP contribution in [-0.4, -0.2) is 0 Å². The molecule has 0 saturated heterocycles. The second-order valence-corrected chi connectivity index (χ2v) is 13.7. The van der Waals surface area contributed by atoms with E-state index < -0.39 is 0 Å². The van der Waals surface area contributed by atoms with Crippen LogP contribution in [0.4, 0.5) is 17.1 Å². The third-order valence-corrected chi connectivity index (χ3v) is 10.7. The molecule has 0 N–H and O–H groups in total. The Hall–Kier alpha value is -7.10. The molecule has 0 bridgehead atoms. The van der Waals surface area contributed by atoms with E-state index in [0.29, 0.717) is 0 Å². The topological polar surface area (TPSA) is 29.5 Å². The molecule has 0 aliphatic rings. The Morgan fingerprint density at radius 2 is 0.925 bits per heavy atom. The van der Waals surface area contributed by atoms with E-state index in [1.54, 1.807) is 0 Å². The van der Waals surface area contributed by atoms with Crippen LogP contribution in [0.25, 0.3) is 87.7 Å². The number of hydrogen-bond donors (Lipinski definition) is 0. The number of hydrogen-bond acceptors (Lipinski definition) is 3. The molecule has 0 spiro atoms. The summed E-state index contributed by atoms with van der Waals surface area (Å²) in [5.74, 6) is 0. The van der Waals surface area contributed by atoms with Crippen LogP contribution in [-0.2, 0) is 0 Å². The lowest BCUT2D eigenvalue weighted by Crippen LogP contribution is -2.12. The molecular formula is C50H31NO2. The molecule has 2 heterocycles. The van der Waals surface area contributed by atoms with Gasteiger partial charge in [-0.2, -0.15) is 0 Å². The lowest BCUT2D eigenvalue weighted by molar-refractivity contribution is 0.669. The van der Waals surface area contributed by atoms with Crippen LogP contribution >= 0.6 is 0 Å². The smallest absolute Gasteiger partial charge is 0.160 e. The molecule has 11 aromatic rings. The summed E-state index contributed by atoms with van der Waals surface area (Å²) < 4.78 is 13.1. The molecule has 0 amide bonds. The molecule has 3 nitrogen and oxygen atoms in total. The highest BCUT2D eigenvalue weighted by Gasteiger charge is 2.26. The molecule has 11 rings (SSSR count). The van der Waals surface area contributed by atoms with Gasteiger partial charge in [0.2, 0.25) is 0 Å². The summed E-state index contributed by atoms with van der Waals surface area (Å²) in [6, 6.07) is 66.8. The summed E-state index contributed by atoms with van der Waals surface area (Å²) in [6.07, 6.45) is 0. The molecule has 248 valence electrons. The van der Waals surface area contributed by atoms with Crippen LogP contribution in [0.3, 0.4) is 0 Å². The fourth-order valence-corrected chi connectivity index (χ4v) is 8.16. The highest BCUT2D eigenvalue weighted by atomic mass is 16.3. The molecule has 0 unspecified atom stereocenters. The normalized spacial score (nSPS) is 11.8. The van der Waals surface area contributed by atoms with Gasteiger partial charge in [0, 0.05) is 38.2 Å². The molecule has 9 aromatic carbocycles. The van der Waals surface area contributed by atoms with Gasteiger partial charge in [-0.1, -0.05) is 140 Å². The van der Waals surface area contributed by atoms with Gasteiger partial charge >= 0.3 is 0 Å². The Morgan fingerprint density at radius 1 is 0.340 bits per heavy atom. The number of rotatable bonds is 5. The summed E-state index contributed by atoms with van der Waals surface area (Å²) in [5, 5.41) is 9.23. The minimum atomic E-state index is 0.851. The van der Waals surface area contributed by atoms with Crippen LogP contribution in [0.15, 0.2) is 197 Å². The van der Waals surface area contributed by atoms with E-state index in [2.05, 4.69) is 175 Å². The quantitative estimate of drug-likeness (QED) is 0.170. The van der Waals surface area contributed by atoms with Gasteiger partial charge in [0.25, 0.3) is 0 Å². The highest BCUT2D eigenvalue weighted by Crippen LogP contribution is 2.50. The third-order valence-electron chi connectivity index (χ3n) is 10.7. The number of anilines is 3. The van der Waals surface area contributed by atoms with E-state index >= 15 is 0 Å². The zero-order valence-corrected chi connectivity index (χ0v) is 28.7. The SMILES string of the molecule is c1ccc(-c2ccc3c(oc4ccccc43)c2N(c2ccc(-c3ccc4c(c3)oc3ccccc34)cc2)c2cc3ccccc3c3ccccc23)cc1. The van der Waals surface area contributed by atoms with Crippen molar-refractivity contribution in [2.75, 3.05) is 4.90 Å². The summed E-state index contributed by atoms with van der Waals surface area (Å²) in [5.41, 5.74) is 11.1. The first-order chi connectivity index (χ1) is 26.3. The number of furan rings is 2. The zero-order chi connectivity index (χ0) is 34.9. The largest absolute Gasteiger partial charge is 0.456 e. The van der Waals surface area contributed by atoms with Gasteiger partial charge in [0.05, 0.1) is 11.4 Å². The maximum Gasteiger partial charge on any atom is 0.160 e. The van der Waals surface area contributed by atoms with E-state index in [9.17, 15) is 0 Å². The number of para-hydroxylation sites is 2. The molecule has 0 saturated carbocycles. The van der Waals surface area contributed by atoms with Crippen molar-refractivity contribution >= 4 is 82.5 Å². The molecular weight excluding hydrogens is 647 g/mol. The minimum Gasteiger partial charge on any atom is -0.456 e. The Kier molecular flexibility index (Phi) is 6.55. The summed E-state index contributed by atoms with van der Waals surface area (Å²) in [6.45, 7) is 0. The van der Waals surface area contributed by atoms with Crippen LogP contribution < -0.4 is 4.90 Å². The van der Waals surface area contributed by atoms with Gasteiger partial charge in [-0.05, 0) is 81.4 Å². The number of benzene rings is 9. The van der Waals surface area contributed by atoms with Gasteiger partial charge in [0.1, 0.15) is 16.7 Å². The fraction of sp³-hybridized carbons (Fsp3) is 0. The van der Waals surface area contributed by atoms with E-state index in [-0.39, 0.29) is 0 Å². The van der Waals surface area contributed by atoms with Crippen LogP contribution in [0.2, 0.25) is 0 Å². The standard InChI is InChI=1S/C50H31NO2/c1-2-12-33(13-3-1)38-28-29-44-42-19-9-11-21-47(42)53-50(44)49(38)51(45-30-35-14-4-5-15-37(35)39-16-6-7-17-40(39)45)36-25-22-32(23-26-36)34-24-27-43-41-18-8-10-20-46(41)52-48(43)31-34/h1-31H. The maximum atomic E-state index is 6.88. The van der Waals surface area contributed by atoms with Crippen molar-refractivity contribution in [3.05, 3.63) is 188 Å². The van der Waals surface area contributed by atoms with E-state index in [1.807, 2.05) is 18.2 Å². The van der Waals surface area contributed by atoms with E-state index in [0.717, 1.165) is 88.6 Å². The Labute approximate surface area is 305 Å². The minimum absolute atomic E-state index is 0.851. The molecule has 2 aromatic heterocycles. The van der Waals surface area contributed by atoms with Crippen molar-refractivity contribution in [1.82, 2.24) is 0 Å². The van der Waals surface area contributed by atoms with Gasteiger partial charge in [-0.25, -0.2) is 0 Å². The number of fused-ring (bicyclic) bond motifs is 9. The Morgan fingerprint density at radius 3 is 1.72 bits per heavy atom. The molecule has 0 aliphatic carbocycles. The average molecular weight is 678 g/mol. The fourth-order valence-electron chi connectivity index (χ4n) is 8.16. The zero-order valence-electron chi connectivity index (χ0n) is 28.7. The Bertz CT molecular complexity index is 3170.